The molecular weight excluding hydrogens is 510 g/mol. The van der Waals surface area contributed by atoms with Crippen molar-refractivity contribution < 1.29 is 19.5 Å². The summed E-state index contributed by atoms with van der Waals surface area (Å²) in [7, 11) is 0. The van der Waals surface area contributed by atoms with Crippen LogP contribution in [0.15, 0.2) is 34.1 Å². The van der Waals surface area contributed by atoms with Crippen molar-refractivity contribution in [1.29, 1.82) is 0 Å². The summed E-state index contributed by atoms with van der Waals surface area (Å²) in [6, 6.07) is 6.44. The molecule has 0 radical (unpaired) electrons. The minimum Gasteiger partial charge on any atom is -0.508 e. The fourth-order valence-electron chi connectivity index (χ4n) is 8.01. The van der Waals surface area contributed by atoms with Gasteiger partial charge in [-0.2, -0.15) is 0 Å². The number of phenolic OH excluding ortho intramolecular Hbond substituents is 1. The number of rotatable bonds is 3. The summed E-state index contributed by atoms with van der Waals surface area (Å²) in [5.74, 6) is -1.47. The Kier molecular flexibility index (Phi) is 5.38. The average molecular weight is 540 g/mol. The van der Waals surface area contributed by atoms with Crippen LogP contribution < -0.4 is 4.87 Å². The molecule has 4 fully saturated rings. The van der Waals surface area contributed by atoms with Crippen LogP contribution in [0.1, 0.15) is 49.0 Å². The summed E-state index contributed by atoms with van der Waals surface area (Å²) in [4.78, 5) is 60.1. The van der Waals surface area contributed by atoms with Crippen LogP contribution in [0.3, 0.4) is 0 Å². The first-order chi connectivity index (χ1) is 17.9. The quantitative estimate of drug-likeness (QED) is 0.581. The molecule has 2 N–H and O–H groups in total. The van der Waals surface area contributed by atoms with Gasteiger partial charge in [0.15, 0.2) is 0 Å². The van der Waals surface area contributed by atoms with Crippen LogP contribution in [0, 0.1) is 29.6 Å². The predicted molar refractivity (Wildman–Crippen MR) is 138 cm³/mol. The van der Waals surface area contributed by atoms with Crippen LogP contribution in [-0.4, -0.2) is 62.0 Å². The van der Waals surface area contributed by atoms with E-state index in [2.05, 4.69) is 4.98 Å². The molecule has 8 atom stereocenters. The van der Waals surface area contributed by atoms with Crippen molar-refractivity contribution in [3.8, 4) is 5.75 Å². The van der Waals surface area contributed by atoms with Crippen LogP contribution in [0.2, 0.25) is 0 Å². The van der Waals surface area contributed by atoms with E-state index in [4.69, 9.17) is 0 Å². The molecule has 2 saturated heterocycles. The van der Waals surface area contributed by atoms with Crippen LogP contribution in [-0.2, 0) is 14.4 Å². The van der Waals surface area contributed by atoms with Gasteiger partial charge in [0.1, 0.15) is 11.8 Å². The van der Waals surface area contributed by atoms with E-state index in [-0.39, 0.29) is 57.3 Å². The standard InChI is InChI=1S/C27H29N3O5S2/c1-12(24(32)29-9-5-2-6-10-29)30-25(33)19-14-11-15(20(19)26(30)34)21-18(14)17(13-7-3-4-8-16(13)31)22-23(36-21)28-27(35)37-22/h3-4,7-8,12,14-15,17-21,31H,2,5-6,9-11H2,1H3,(H,28,35). The largest absolute Gasteiger partial charge is 0.508 e. The smallest absolute Gasteiger partial charge is 0.305 e. The number of nitrogens with zero attached hydrogens (tertiary/aromatic N) is 2. The third-order valence-electron chi connectivity index (χ3n) is 9.44. The van der Waals surface area contributed by atoms with Gasteiger partial charge in [0.2, 0.25) is 17.7 Å². The second-order valence-corrected chi connectivity index (χ2v) is 13.3. The van der Waals surface area contributed by atoms with Gasteiger partial charge in [-0.05, 0) is 56.4 Å². The molecule has 194 valence electrons. The van der Waals surface area contributed by atoms with Crippen LogP contribution in [0.25, 0.3) is 0 Å². The second kappa shape index (κ2) is 8.46. The number of likely N-dealkylation sites (tertiary alicyclic amines) is 2. The van der Waals surface area contributed by atoms with Crippen molar-refractivity contribution in [3.05, 3.63) is 44.4 Å². The number of carbonyl (C=O) groups excluding carboxylic acids is 3. The van der Waals surface area contributed by atoms with E-state index in [1.165, 1.54) is 16.2 Å². The predicted octanol–water partition coefficient (Wildman–Crippen LogP) is 3.02. The van der Waals surface area contributed by atoms with E-state index in [0.29, 0.717) is 13.1 Å². The van der Waals surface area contributed by atoms with Gasteiger partial charge in [-0.3, -0.25) is 24.1 Å². The zero-order valence-electron chi connectivity index (χ0n) is 20.5. The maximum Gasteiger partial charge on any atom is 0.305 e. The lowest BCUT2D eigenvalue weighted by molar-refractivity contribution is -0.152. The number of para-hydroxylation sites is 1. The number of carbonyl (C=O) groups is 3. The summed E-state index contributed by atoms with van der Waals surface area (Å²) >= 11 is 2.80. The minimum atomic E-state index is -0.787. The van der Waals surface area contributed by atoms with E-state index in [1.807, 2.05) is 12.1 Å². The summed E-state index contributed by atoms with van der Waals surface area (Å²) < 4.78 is 0. The summed E-state index contributed by atoms with van der Waals surface area (Å²) in [6.45, 7) is 3.06. The summed E-state index contributed by atoms with van der Waals surface area (Å²) in [6.07, 6.45) is 3.79. The number of aromatic nitrogens is 1. The van der Waals surface area contributed by atoms with Gasteiger partial charge < -0.3 is 15.0 Å². The first-order valence-electron chi connectivity index (χ1n) is 13.2. The lowest BCUT2D eigenvalue weighted by Crippen LogP contribution is -2.51. The van der Waals surface area contributed by atoms with E-state index >= 15 is 0 Å². The number of thiazole rings is 1. The Morgan fingerprint density at radius 1 is 1.05 bits per heavy atom. The van der Waals surface area contributed by atoms with Gasteiger partial charge in [0.05, 0.1) is 16.9 Å². The molecular formula is C27H29N3O5S2. The lowest BCUT2D eigenvalue weighted by Gasteiger charge is -2.43. The molecule has 10 heteroatoms. The fourth-order valence-corrected chi connectivity index (χ4v) is 10.9. The number of aromatic hydroxyl groups is 1. The molecule has 2 saturated carbocycles. The highest BCUT2D eigenvalue weighted by molar-refractivity contribution is 8.00. The van der Waals surface area contributed by atoms with Gasteiger partial charge in [-0.15, -0.1) is 11.8 Å². The fraction of sp³-hybridized carbons (Fsp3) is 0.556. The molecule has 1 aromatic heterocycles. The Balaban J connectivity index is 1.25. The van der Waals surface area contributed by atoms with Crippen molar-refractivity contribution in [2.24, 2.45) is 29.6 Å². The molecule has 1 aromatic carbocycles. The van der Waals surface area contributed by atoms with Crippen molar-refractivity contribution in [3.63, 3.8) is 0 Å². The highest BCUT2D eigenvalue weighted by Crippen LogP contribution is 2.69. The number of hydrogen-bond donors (Lipinski definition) is 2. The summed E-state index contributed by atoms with van der Waals surface area (Å²) in [5.41, 5.74) is 0.765. The van der Waals surface area contributed by atoms with Gasteiger partial charge in [0.25, 0.3) is 0 Å². The zero-order valence-corrected chi connectivity index (χ0v) is 22.1. The van der Waals surface area contributed by atoms with Crippen molar-refractivity contribution in [2.45, 2.75) is 54.8 Å². The van der Waals surface area contributed by atoms with Gasteiger partial charge in [-0.1, -0.05) is 29.5 Å². The van der Waals surface area contributed by atoms with E-state index < -0.39 is 17.9 Å². The molecule has 8 unspecified atom stereocenters. The van der Waals surface area contributed by atoms with Crippen molar-refractivity contribution in [1.82, 2.24) is 14.8 Å². The summed E-state index contributed by atoms with van der Waals surface area (Å²) in [5, 5.41) is 11.7. The van der Waals surface area contributed by atoms with Crippen molar-refractivity contribution >= 4 is 40.8 Å². The first kappa shape index (κ1) is 23.5. The molecule has 4 heterocycles. The van der Waals surface area contributed by atoms with Crippen molar-refractivity contribution in [2.75, 3.05) is 13.1 Å². The normalized spacial score (nSPS) is 34.9. The molecule has 37 heavy (non-hydrogen) atoms. The maximum atomic E-state index is 13.9. The highest BCUT2D eigenvalue weighted by atomic mass is 32.2. The number of piperidine rings is 1. The number of phenols is 1. The molecule has 5 aliphatic rings. The second-order valence-electron chi connectivity index (χ2n) is 11.1. The van der Waals surface area contributed by atoms with E-state index in [0.717, 1.165) is 41.1 Å². The number of H-pyrrole nitrogens is 1. The Bertz CT molecular complexity index is 1360. The van der Waals surface area contributed by atoms with Crippen LogP contribution >= 0.6 is 23.1 Å². The third kappa shape index (κ3) is 3.27. The first-order valence-corrected chi connectivity index (χ1v) is 14.9. The van der Waals surface area contributed by atoms with Gasteiger partial charge in [0, 0.05) is 34.7 Å². The topological polar surface area (TPSA) is 111 Å². The SMILES string of the molecule is CC(C(=O)N1CCCCC1)N1C(=O)C2C3CC(C2C1=O)C1C(c2ccccc2O)c2sc(=O)[nH]c2SC31. The van der Waals surface area contributed by atoms with E-state index in [9.17, 15) is 24.3 Å². The maximum absolute atomic E-state index is 13.9. The number of nitrogens with one attached hydrogen (secondary N) is 1. The molecule has 2 aromatic rings. The number of benzene rings is 1. The zero-order chi connectivity index (χ0) is 25.6. The molecule has 0 spiro atoms. The molecule has 7 rings (SSSR count). The van der Waals surface area contributed by atoms with Gasteiger partial charge in [-0.25, -0.2) is 0 Å². The molecule has 2 bridgehead atoms. The lowest BCUT2D eigenvalue weighted by atomic mass is 9.68. The Morgan fingerprint density at radius 2 is 1.76 bits per heavy atom. The minimum absolute atomic E-state index is 0.00588. The Hall–Kier alpha value is -2.59. The number of aromatic amines is 1. The highest BCUT2D eigenvalue weighted by Gasteiger charge is 2.70. The number of hydrogen-bond acceptors (Lipinski definition) is 7. The Morgan fingerprint density at radius 3 is 2.49 bits per heavy atom. The molecule has 3 aliphatic heterocycles. The number of thioether (sulfide) groups is 1. The average Bonchev–Trinajstić information content (AvgIpc) is 3.63. The third-order valence-corrected chi connectivity index (χ3v) is 12.0. The Labute approximate surface area is 222 Å². The molecule has 3 amide bonds. The van der Waals surface area contributed by atoms with Crippen LogP contribution in [0.5, 0.6) is 5.75 Å². The van der Waals surface area contributed by atoms with Crippen LogP contribution in [0.4, 0.5) is 0 Å². The molecule has 2 aliphatic carbocycles. The van der Waals surface area contributed by atoms with Gasteiger partial charge >= 0.3 is 4.87 Å². The van der Waals surface area contributed by atoms with E-state index in [1.54, 1.807) is 35.7 Å². The number of imide groups is 1. The number of fused-ring (bicyclic) bond motifs is 9. The monoisotopic (exact) mass is 539 g/mol. The molecule has 8 nitrogen and oxygen atoms in total. The number of amides is 3.